The van der Waals surface area contributed by atoms with E-state index in [2.05, 4.69) is 20.2 Å². The normalized spacial score (nSPS) is 10.0. The summed E-state index contributed by atoms with van der Waals surface area (Å²) in [5.41, 5.74) is 0.547. The number of hydrogen-bond donors (Lipinski definition) is 2. The van der Waals surface area contributed by atoms with Gasteiger partial charge in [-0.05, 0) is 12.1 Å². The molecule has 2 rings (SSSR count). The molecule has 0 saturated carbocycles. The van der Waals surface area contributed by atoms with E-state index in [1.807, 2.05) is 0 Å². The van der Waals surface area contributed by atoms with Crippen LogP contribution in [0.4, 0.5) is 0 Å². The van der Waals surface area contributed by atoms with Crippen molar-refractivity contribution in [3.8, 4) is 11.5 Å². The van der Waals surface area contributed by atoms with Crippen LogP contribution in [0.5, 0.6) is 0 Å². The van der Waals surface area contributed by atoms with E-state index < -0.39 is 5.97 Å². The lowest BCUT2D eigenvalue weighted by Gasteiger charge is -1.91. The van der Waals surface area contributed by atoms with Crippen molar-refractivity contribution in [2.24, 2.45) is 0 Å². The van der Waals surface area contributed by atoms with Crippen LogP contribution in [0, 0.1) is 0 Å². The van der Waals surface area contributed by atoms with Crippen LogP contribution in [-0.2, 0) is 0 Å². The highest BCUT2D eigenvalue weighted by Crippen LogP contribution is 2.10. The number of carbonyl (C=O) groups is 1. The summed E-state index contributed by atoms with van der Waals surface area (Å²) in [6.45, 7) is 0. The van der Waals surface area contributed by atoms with Crippen LogP contribution in [-0.4, -0.2) is 31.2 Å². The molecule has 0 aliphatic heterocycles. The zero-order chi connectivity index (χ0) is 9.97. The summed E-state index contributed by atoms with van der Waals surface area (Å²) < 4.78 is 0. The van der Waals surface area contributed by atoms with Crippen molar-refractivity contribution < 1.29 is 9.90 Å². The van der Waals surface area contributed by atoms with E-state index in [0.717, 1.165) is 0 Å². The summed E-state index contributed by atoms with van der Waals surface area (Å²) in [7, 11) is 0. The van der Waals surface area contributed by atoms with Crippen molar-refractivity contribution in [3.05, 3.63) is 30.2 Å². The highest BCUT2D eigenvalue weighted by molar-refractivity contribution is 5.85. The van der Waals surface area contributed by atoms with E-state index in [4.69, 9.17) is 5.11 Å². The smallest absolute Gasteiger partial charge is 0.353 e. The number of hydrogen-bond acceptors (Lipinski definition) is 4. The van der Waals surface area contributed by atoms with Crippen LogP contribution < -0.4 is 0 Å². The summed E-state index contributed by atoms with van der Waals surface area (Å²) in [5.74, 6) is -0.650. The lowest BCUT2D eigenvalue weighted by molar-refractivity contribution is 0.0691. The Morgan fingerprint density at radius 1 is 1.50 bits per heavy atom. The third-order valence-electron chi connectivity index (χ3n) is 1.62. The lowest BCUT2D eigenvalue weighted by atomic mass is 10.4. The fourth-order valence-electron chi connectivity index (χ4n) is 0.988. The minimum Gasteiger partial charge on any atom is -0.477 e. The van der Waals surface area contributed by atoms with E-state index >= 15 is 0 Å². The Bertz CT molecular complexity index is 451. The fraction of sp³-hybridized carbons (Fsp3) is 0. The van der Waals surface area contributed by atoms with Gasteiger partial charge in [-0.2, -0.15) is 5.10 Å². The third-order valence-corrected chi connectivity index (χ3v) is 1.62. The highest BCUT2D eigenvalue weighted by atomic mass is 16.4. The first-order valence-electron chi connectivity index (χ1n) is 3.84. The monoisotopic (exact) mass is 190 g/mol. The zero-order valence-electron chi connectivity index (χ0n) is 7.01. The molecule has 0 aliphatic carbocycles. The molecule has 2 aromatic heterocycles. The van der Waals surface area contributed by atoms with Gasteiger partial charge in [0.25, 0.3) is 0 Å². The highest BCUT2D eigenvalue weighted by Gasteiger charge is 2.08. The molecule has 6 nitrogen and oxygen atoms in total. The third kappa shape index (κ3) is 1.45. The van der Waals surface area contributed by atoms with Gasteiger partial charge in [0.05, 0.1) is 6.20 Å². The Labute approximate surface area is 78.6 Å². The average Bonchev–Trinajstić information content (AvgIpc) is 2.68. The van der Waals surface area contributed by atoms with Gasteiger partial charge in [0.2, 0.25) is 0 Å². The van der Waals surface area contributed by atoms with Crippen LogP contribution >= 0.6 is 0 Å². The lowest BCUT2D eigenvalue weighted by Crippen LogP contribution is -1.96. The Morgan fingerprint density at radius 3 is 2.93 bits per heavy atom. The predicted molar refractivity (Wildman–Crippen MR) is 46.6 cm³/mol. The van der Waals surface area contributed by atoms with Crippen molar-refractivity contribution >= 4 is 5.97 Å². The van der Waals surface area contributed by atoms with Crippen LogP contribution in [0.15, 0.2) is 24.5 Å². The minimum atomic E-state index is -1.05. The minimum absolute atomic E-state index is 0.0330. The van der Waals surface area contributed by atoms with Gasteiger partial charge in [-0.1, -0.05) is 0 Å². The second-order valence-electron chi connectivity index (χ2n) is 2.56. The Hall–Kier alpha value is -2.24. The standard InChI is InChI=1S/C8H6N4O2/c13-8(14)6-4-9-7(11-6)5-2-1-3-10-12-5/h1-4H,(H,9,11)(H,13,14). The van der Waals surface area contributed by atoms with Gasteiger partial charge in [0.1, 0.15) is 11.4 Å². The first-order valence-corrected chi connectivity index (χ1v) is 3.84. The topological polar surface area (TPSA) is 91.8 Å². The number of nitrogens with one attached hydrogen (secondary N) is 1. The molecule has 0 amide bonds. The van der Waals surface area contributed by atoms with Gasteiger partial charge in [0, 0.05) is 6.20 Å². The summed E-state index contributed by atoms with van der Waals surface area (Å²) in [4.78, 5) is 17.0. The first kappa shape index (κ1) is 8.36. The maximum atomic E-state index is 10.5. The number of carboxylic acids is 1. The van der Waals surface area contributed by atoms with Crippen LogP contribution in [0.2, 0.25) is 0 Å². The second-order valence-corrected chi connectivity index (χ2v) is 2.56. The number of rotatable bonds is 2. The molecule has 14 heavy (non-hydrogen) atoms. The molecule has 2 heterocycles. The summed E-state index contributed by atoms with van der Waals surface area (Å²) in [6, 6.07) is 3.39. The van der Waals surface area contributed by atoms with Gasteiger partial charge in [-0.3, -0.25) is 0 Å². The SMILES string of the molecule is O=C(O)c1cnc(-c2cccnn2)[nH]1. The van der Waals surface area contributed by atoms with Crippen molar-refractivity contribution in [3.63, 3.8) is 0 Å². The van der Waals surface area contributed by atoms with E-state index in [1.165, 1.54) is 12.4 Å². The van der Waals surface area contributed by atoms with Gasteiger partial charge in [0.15, 0.2) is 5.82 Å². The van der Waals surface area contributed by atoms with Crippen LogP contribution in [0.25, 0.3) is 11.5 Å². The van der Waals surface area contributed by atoms with Gasteiger partial charge >= 0.3 is 5.97 Å². The fourth-order valence-corrected chi connectivity index (χ4v) is 0.988. The van der Waals surface area contributed by atoms with E-state index in [-0.39, 0.29) is 5.69 Å². The Kier molecular flexibility index (Phi) is 1.94. The summed E-state index contributed by atoms with van der Waals surface area (Å²) in [5, 5.41) is 16.1. The van der Waals surface area contributed by atoms with Gasteiger partial charge in [-0.25, -0.2) is 9.78 Å². The molecule has 2 N–H and O–H groups in total. The number of carboxylic acid groups (broad SMARTS) is 1. The van der Waals surface area contributed by atoms with Crippen LogP contribution in [0.3, 0.4) is 0 Å². The zero-order valence-corrected chi connectivity index (χ0v) is 7.01. The van der Waals surface area contributed by atoms with E-state index in [0.29, 0.717) is 11.5 Å². The molecule has 0 radical (unpaired) electrons. The molecular weight excluding hydrogens is 184 g/mol. The van der Waals surface area contributed by atoms with Gasteiger partial charge < -0.3 is 10.1 Å². The Morgan fingerprint density at radius 2 is 2.36 bits per heavy atom. The summed E-state index contributed by atoms with van der Waals surface area (Å²) >= 11 is 0. The first-order chi connectivity index (χ1) is 6.77. The number of nitrogens with zero attached hydrogens (tertiary/aromatic N) is 3. The number of imidazole rings is 1. The molecule has 0 atom stereocenters. The van der Waals surface area contributed by atoms with E-state index in [1.54, 1.807) is 12.1 Å². The largest absolute Gasteiger partial charge is 0.477 e. The molecule has 0 fully saturated rings. The molecule has 0 saturated heterocycles. The molecule has 70 valence electrons. The number of aromatic nitrogens is 4. The molecule has 0 unspecified atom stereocenters. The average molecular weight is 190 g/mol. The van der Waals surface area contributed by atoms with E-state index in [9.17, 15) is 4.79 Å². The molecule has 0 spiro atoms. The molecule has 6 heteroatoms. The number of aromatic amines is 1. The maximum absolute atomic E-state index is 10.5. The van der Waals surface area contributed by atoms with Gasteiger partial charge in [-0.15, -0.1) is 5.10 Å². The second kappa shape index (κ2) is 3.25. The predicted octanol–water partition coefficient (Wildman–Crippen LogP) is 0.565. The Balaban J connectivity index is 2.39. The molecule has 0 aromatic carbocycles. The molecule has 2 aromatic rings. The van der Waals surface area contributed by atoms with Crippen molar-refractivity contribution in [1.82, 2.24) is 20.2 Å². The maximum Gasteiger partial charge on any atom is 0.353 e. The van der Waals surface area contributed by atoms with Crippen molar-refractivity contribution in [2.75, 3.05) is 0 Å². The van der Waals surface area contributed by atoms with Crippen molar-refractivity contribution in [1.29, 1.82) is 0 Å². The number of aromatic carboxylic acids is 1. The quantitative estimate of drug-likeness (QED) is 0.722. The van der Waals surface area contributed by atoms with Crippen molar-refractivity contribution in [2.45, 2.75) is 0 Å². The molecule has 0 bridgehead atoms. The summed E-state index contributed by atoms with van der Waals surface area (Å²) in [6.07, 6.45) is 2.77. The van der Waals surface area contributed by atoms with Crippen LogP contribution in [0.1, 0.15) is 10.5 Å². The molecule has 0 aliphatic rings. The number of H-pyrrole nitrogens is 1. The molecular formula is C8H6N4O2.